The van der Waals surface area contributed by atoms with Gasteiger partial charge in [-0.25, -0.2) is 0 Å². The number of aliphatic hydroxyl groups is 2. The van der Waals surface area contributed by atoms with Crippen molar-refractivity contribution in [1.29, 1.82) is 0 Å². The molecule has 2 unspecified atom stereocenters. The number of hydrogen-bond acceptors (Lipinski definition) is 10. The molecular weight excluding hydrogens is 735 g/mol. The first-order valence-electron chi connectivity index (χ1n) is 20.7. The van der Waals surface area contributed by atoms with E-state index in [1.807, 2.05) is 93.8 Å². The minimum atomic E-state index is -0.908. The molecule has 4 fully saturated rings. The second-order valence-corrected chi connectivity index (χ2v) is 17.9. The molecule has 58 heavy (non-hydrogen) atoms. The van der Waals surface area contributed by atoms with Gasteiger partial charge in [0, 0.05) is 61.0 Å². The van der Waals surface area contributed by atoms with Crippen LogP contribution in [0.1, 0.15) is 62.0 Å². The summed E-state index contributed by atoms with van der Waals surface area (Å²) in [7, 11) is 11.1. The number of hydrogen-bond donors (Lipinski definition) is 4. The molecule has 3 aromatic rings. The molecule has 0 aromatic heterocycles. The highest BCUT2D eigenvalue weighted by Gasteiger charge is 2.57. The fourth-order valence-corrected chi connectivity index (χ4v) is 9.90. The maximum absolute atomic E-state index is 14.3. The molecule has 1 saturated heterocycles. The van der Waals surface area contributed by atoms with Crippen LogP contribution in [0.25, 0.3) is 11.1 Å². The number of amides is 2. The molecule has 12 heteroatoms. The van der Waals surface area contributed by atoms with Gasteiger partial charge in [0.25, 0.3) is 5.91 Å². The van der Waals surface area contributed by atoms with Gasteiger partial charge in [-0.05, 0) is 105 Å². The molecule has 3 saturated carbocycles. The van der Waals surface area contributed by atoms with Crippen molar-refractivity contribution in [1.82, 2.24) is 20.6 Å². The van der Waals surface area contributed by atoms with Crippen molar-refractivity contribution in [2.75, 3.05) is 60.5 Å². The number of methoxy groups -OCH3 is 2. The highest BCUT2D eigenvalue weighted by atomic mass is 16.7. The summed E-state index contributed by atoms with van der Waals surface area (Å²) in [4.78, 5) is 38.8. The average molecular weight is 800 g/mol. The van der Waals surface area contributed by atoms with Crippen molar-refractivity contribution in [3.63, 3.8) is 0 Å². The van der Waals surface area contributed by atoms with Crippen molar-refractivity contribution in [2.45, 2.75) is 83.8 Å². The Balaban J connectivity index is 1.28. The second-order valence-electron chi connectivity index (χ2n) is 17.9. The van der Waals surface area contributed by atoms with E-state index < -0.39 is 24.2 Å². The van der Waals surface area contributed by atoms with Crippen molar-refractivity contribution in [3.8, 4) is 22.6 Å². The van der Waals surface area contributed by atoms with Gasteiger partial charge >= 0.3 is 0 Å². The maximum Gasteiger partial charge on any atom is 0.251 e. The van der Waals surface area contributed by atoms with Crippen LogP contribution in [0.15, 0.2) is 60.7 Å². The van der Waals surface area contributed by atoms with Crippen LogP contribution in [0.2, 0.25) is 0 Å². The summed E-state index contributed by atoms with van der Waals surface area (Å²) in [5.74, 6) is 1.75. The van der Waals surface area contributed by atoms with Crippen molar-refractivity contribution >= 4 is 17.5 Å². The summed E-state index contributed by atoms with van der Waals surface area (Å²) in [6, 6.07) is 18.5. The van der Waals surface area contributed by atoms with Crippen LogP contribution in [0.5, 0.6) is 11.5 Å². The standard InChI is InChI=1S/C46H65N5O7/c1-27-38-22-33(46(38,3)4)23-39(27)48-45(55)42-41(28(2)53)40(26-52)58-51(42)24-30-12-11-13-37(43(30)57-10)31-19-32(21-35(20-31)50(7)8)44(54)47-34(25-49(5)6)18-29-14-16-36(56-9)17-15-29/h11-17,19-21,27-28,33-34,38-42,52-53H,18,22-26H2,1-10H3,(H,47,54)(H,48,55)/t27-,28?,33+,34-,38-,39-,40-,41?,42-/m0/s1. The number of nitrogens with zero attached hydrogens (tertiary/aromatic N) is 3. The molecule has 2 bridgehead atoms. The van der Waals surface area contributed by atoms with E-state index in [1.165, 1.54) is 6.42 Å². The third kappa shape index (κ3) is 9.01. The number of para-hydroxylation sites is 1. The van der Waals surface area contributed by atoms with Crippen LogP contribution in [0, 0.1) is 29.1 Å². The number of aliphatic hydroxyl groups excluding tert-OH is 2. The van der Waals surface area contributed by atoms with Gasteiger partial charge in [-0.15, -0.1) is 0 Å². The van der Waals surface area contributed by atoms with E-state index in [-0.39, 0.29) is 42.5 Å². The summed E-state index contributed by atoms with van der Waals surface area (Å²) in [6.07, 6.45) is 1.10. The first kappa shape index (κ1) is 43.4. The Morgan fingerprint density at radius 3 is 2.33 bits per heavy atom. The Hall–Kier alpha value is -4.20. The molecule has 7 rings (SSSR count). The van der Waals surface area contributed by atoms with E-state index in [1.54, 1.807) is 26.2 Å². The normalized spacial score (nSPS) is 26.1. The smallest absolute Gasteiger partial charge is 0.251 e. The van der Waals surface area contributed by atoms with E-state index in [0.717, 1.165) is 40.1 Å². The molecule has 1 aliphatic heterocycles. The van der Waals surface area contributed by atoms with Crippen LogP contribution in [-0.2, 0) is 22.6 Å². The van der Waals surface area contributed by atoms with E-state index in [0.29, 0.717) is 42.0 Å². The predicted molar refractivity (Wildman–Crippen MR) is 227 cm³/mol. The lowest BCUT2D eigenvalue weighted by Gasteiger charge is -2.62. The third-order valence-corrected chi connectivity index (χ3v) is 13.3. The molecule has 4 aliphatic rings. The molecule has 0 radical (unpaired) electrons. The molecule has 9 atom stereocenters. The lowest BCUT2D eigenvalue weighted by atomic mass is 9.45. The van der Waals surface area contributed by atoms with E-state index in [9.17, 15) is 19.8 Å². The van der Waals surface area contributed by atoms with E-state index in [2.05, 4.69) is 36.3 Å². The minimum absolute atomic E-state index is 0.0304. The monoisotopic (exact) mass is 799 g/mol. The SMILES string of the molecule is COc1ccc(C[C@@H](CN(C)C)NC(=O)c2cc(-c3cccc(CN4O[C@@H](CO)C(C(C)O)[C@H]4C(=O)N[C@H]4C[C@H]5C[C@@H]([C@@H]4C)C5(C)C)c3OC)cc(N(C)C)c2)cc1. The molecule has 4 N–H and O–H groups in total. The summed E-state index contributed by atoms with van der Waals surface area (Å²) >= 11 is 0. The molecule has 3 aromatic carbocycles. The number of ether oxygens (including phenoxy) is 2. The number of rotatable bonds is 16. The van der Waals surface area contributed by atoms with Crippen molar-refractivity contribution in [2.24, 2.45) is 29.1 Å². The predicted octanol–water partition coefficient (Wildman–Crippen LogP) is 5.00. The Labute approximate surface area is 344 Å². The van der Waals surface area contributed by atoms with Gasteiger partial charge in [-0.2, -0.15) is 5.06 Å². The highest BCUT2D eigenvalue weighted by molar-refractivity contribution is 5.97. The summed E-state index contributed by atoms with van der Waals surface area (Å²) < 4.78 is 11.5. The van der Waals surface area contributed by atoms with Gasteiger partial charge in [0.15, 0.2) is 0 Å². The van der Waals surface area contributed by atoms with Gasteiger partial charge < -0.3 is 40.1 Å². The number of hydroxylamine groups is 2. The number of carbonyl (C=O) groups excluding carboxylic acids is 2. The quantitative estimate of drug-likeness (QED) is 0.157. The van der Waals surface area contributed by atoms with E-state index in [4.69, 9.17) is 14.3 Å². The zero-order valence-corrected chi connectivity index (χ0v) is 36.0. The topological polar surface area (TPSA) is 136 Å². The van der Waals surface area contributed by atoms with Gasteiger partial charge in [0.05, 0.1) is 33.5 Å². The maximum atomic E-state index is 14.3. The summed E-state index contributed by atoms with van der Waals surface area (Å²) in [5, 5.41) is 29.6. The zero-order chi connectivity index (χ0) is 42.1. The largest absolute Gasteiger partial charge is 0.497 e. The average Bonchev–Trinajstić information content (AvgIpc) is 3.56. The number of benzene rings is 3. The highest BCUT2D eigenvalue weighted by Crippen LogP contribution is 2.61. The molecule has 0 spiro atoms. The van der Waals surface area contributed by atoms with Crippen molar-refractivity contribution < 1.29 is 34.1 Å². The lowest BCUT2D eigenvalue weighted by Crippen LogP contribution is -2.62. The molecule has 316 valence electrons. The Bertz CT molecular complexity index is 1900. The Morgan fingerprint density at radius 1 is 1.02 bits per heavy atom. The van der Waals surface area contributed by atoms with Crippen LogP contribution >= 0.6 is 0 Å². The molecule has 1 heterocycles. The number of fused-ring (bicyclic) bond motifs is 2. The first-order chi connectivity index (χ1) is 27.6. The van der Waals surface area contributed by atoms with Crippen LogP contribution < -0.4 is 25.0 Å². The Kier molecular flexibility index (Phi) is 13.4. The fraction of sp³-hybridized carbons (Fsp3) is 0.565. The van der Waals surface area contributed by atoms with Gasteiger partial charge in [-0.3, -0.25) is 14.4 Å². The minimum Gasteiger partial charge on any atom is -0.497 e. The number of carbonyl (C=O) groups is 2. The molecule has 12 nitrogen and oxygen atoms in total. The fourth-order valence-electron chi connectivity index (χ4n) is 9.90. The number of likely N-dealkylation sites (N-methyl/N-ethyl adjacent to an activating group) is 1. The van der Waals surface area contributed by atoms with E-state index >= 15 is 0 Å². The van der Waals surface area contributed by atoms with Crippen LogP contribution in [-0.4, -0.2) is 118 Å². The summed E-state index contributed by atoms with van der Waals surface area (Å²) in [5.41, 5.74) is 5.03. The van der Waals surface area contributed by atoms with Crippen LogP contribution in [0.3, 0.4) is 0 Å². The molecular formula is C46H65N5O7. The Morgan fingerprint density at radius 2 is 1.74 bits per heavy atom. The van der Waals surface area contributed by atoms with Gasteiger partial charge in [-0.1, -0.05) is 51.1 Å². The van der Waals surface area contributed by atoms with Gasteiger partial charge in [0.1, 0.15) is 23.6 Å². The first-order valence-corrected chi connectivity index (χ1v) is 20.7. The molecule has 2 amide bonds. The third-order valence-electron chi connectivity index (χ3n) is 13.3. The summed E-state index contributed by atoms with van der Waals surface area (Å²) in [6.45, 7) is 9.02. The second kappa shape index (κ2) is 18.0. The molecule has 3 aliphatic carbocycles. The van der Waals surface area contributed by atoms with Crippen molar-refractivity contribution in [3.05, 3.63) is 77.4 Å². The van der Waals surface area contributed by atoms with Crippen LogP contribution in [0.4, 0.5) is 5.69 Å². The van der Waals surface area contributed by atoms with Gasteiger partial charge in [0.2, 0.25) is 5.91 Å². The zero-order valence-electron chi connectivity index (χ0n) is 36.0. The number of nitrogens with one attached hydrogen (secondary N) is 2. The number of anilines is 1. The lowest BCUT2D eigenvalue weighted by molar-refractivity contribution is -0.183.